The zero-order valence-corrected chi connectivity index (χ0v) is 12.2. The van der Waals surface area contributed by atoms with Gasteiger partial charge in [-0.2, -0.15) is 13.2 Å². The topological polar surface area (TPSA) is 66.6 Å². The Morgan fingerprint density at radius 2 is 1.45 bits per heavy atom. The summed E-state index contributed by atoms with van der Waals surface area (Å²) in [5.74, 6) is -1.22. The monoisotopic (exact) mass is 317 g/mol. The van der Waals surface area contributed by atoms with Gasteiger partial charge in [0.05, 0.1) is 5.54 Å². The van der Waals surface area contributed by atoms with Gasteiger partial charge >= 0.3 is 6.18 Å². The molecule has 0 radical (unpaired) electrons. The highest BCUT2D eigenvalue weighted by molar-refractivity contribution is 5.86. The van der Waals surface area contributed by atoms with Crippen LogP contribution in [0.4, 0.5) is 13.2 Å². The number of hydrogen-bond acceptors (Lipinski definition) is 3. The highest BCUT2D eigenvalue weighted by atomic mass is 35.5. The molecule has 118 valence electrons. The van der Waals surface area contributed by atoms with Crippen LogP contribution in [0.15, 0.2) is 0 Å². The number of halogens is 4. The van der Waals surface area contributed by atoms with Gasteiger partial charge in [-0.1, -0.05) is 0 Å². The molecule has 0 saturated carbocycles. The van der Waals surface area contributed by atoms with Crippen LogP contribution in [0.5, 0.6) is 0 Å². The molecule has 0 unspecified atom stereocenters. The molecule has 1 saturated heterocycles. The van der Waals surface area contributed by atoms with Crippen LogP contribution in [0.1, 0.15) is 20.3 Å². The highest BCUT2D eigenvalue weighted by Crippen LogP contribution is 2.21. The molecule has 0 aromatic heterocycles. The lowest BCUT2D eigenvalue weighted by Gasteiger charge is -2.37. The highest BCUT2D eigenvalue weighted by Gasteiger charge is 2.36. The van der Waals surface area contributed by atoms with Crippen LogP contribution in [-0.4, -0.2) is 59.5 Å². The second kappa shape index (κ2) is 6.62. The third kappa shape index (κ3) is 5.54. The first-order valence-corrected chi connectivity index (χ1v) is 5.93. The van der Waals surface area contributed by atoms with Crippen molar-refractivity contribution < 1.29 is 22.8 Å². The van der Waals surface area contributed by atoms with Crippen molar-refractivity contribution in [3.05, 3.63) is 0 Å². The van der Waals surface area contributed by atoms with E-state index in [1.54, 1.807) is 13.8 Å². The number of amides is 2. The Morgan fingerprint density at radius 1 is 1.05 bits per heavy atom. The van der Waals surface area contributed by atoms with Gasteiger partial charge < -0.3 is 15.5 Å². The smallest absolute Gasteiger partial charge is 0.339 e. The van der Waals surface area contributed by atoms with Gasteiger partial charge in [0.1, 0.15) is 6.42 Å². The Labute approximate surface area is 121 Å². The minimum Gasteiger partial charge on any atom is -0.339 e. The molecular formula is C11H19ClF3N3O2. The predicted molar refractivity (Wildman–Crippen MR) is 69.3 cm³/mol. The Morgan fingerprint density at radius 3 is 1.80 bits per heavy atom. The fraction of sp³-hybridized carbons (Fsp3) is 0.818. The van der Waals surface area contributed by atoms with Gasteiger partial charge in [0.25, 0.3) is 0 Å². The Hall–Kier alpha value is -1.02. The van der Waals surface area contributed by atoms with E-state index in [1.165, 1.54) is 4.90 Å². The summed E-state index contributed by atoms with van der Waals surface area (Å²) >= 11 is 0. The molecule has 1 aliphatic rings. The second-order valence-electron chi connectivity index (χ2n) is 5.19. The van der Waals surface area contributed by atoms with Crippen LogP contribution < -0.4 is 5.73 Å². The van der Waals surface area contributed by atoms with E-state index in [-0.39, 0.29) is 44.5 Å². The van der Waals surface area contributed by atoms with Gasteiger partial charge in [-0.05, 0) is 13.8 Å². The SMILES string of the molecule is CC(C)(N)C(=O)N1CCN(C(=O)CC(F)(F)F)CC1.Cl. The molecule has 1 heterocycles. The summed E-state index contributed by atoms with van der Waals surface area (Å²) in [4.78, 5) is 25.8. The molecule has 2 N–H and O–H groups in total. The quantitative estimate of drug-likeness (QED) is 0.818. The summed E-state index contributed by atoms with van der Waals surface area (Å²) in [5.41, 5.74) is 4.65. The van der Waals surface area contributed by atoms with E-state index < -0.39 is 24.0 Å². The normalized spacial score (nSPS) is 16.7. The summed E-state index contributed by atoms with van der Waals surface area (Å²) in [6, 6.07) is 0. The van der Waals surface area contributed by atoms with Crippen molar-refractivity contribution in [2.24, 2.45) is 5.73 Å². The van der Waals surface area contributed by atoms with E-state index in [2.05, 4.69) is 0 Å². The van der Waals surface area contributed by atoms with Gasteiger partial charge in [-0.3, -0.25) is 9.59 Å². The lowest BCUT2D eigenvalue weighted by Crippen LogP contribution is -2.57. The van der Waals surface area contributed by atoms with Crippen molar-refractivity contribution in [1.82, 2.24) is 9.80 Å². The molecule has 9 heteroatoms. The van der Waals surface area contributed by atoms with E-state index in [4.69, 9.17) is 5.73 Å². The molecule has 0 aliphatic carbocycles. The summed E-state index contributed by atoms with van der Waals surface area (Å²) in [5, 5.41) is 0. The third-order valence-corrected chi connectivity index (χ3v) is 2.82. The summed E-state index contributed by atoms with van der Waals surface area (Å²) < 4.78 is 36.3. The largest absolute Gasteiger partial charge is 0.397 e. The second-order valence-corrected chi connectivity index (χ2v) is 5.19. The van der Waals surface area contributed by atoms with Crippen LogP contribution in [0.2, 0.25) is 0 Å². The zero-order chi connectivity index (χ0) is 14.8. The fourth-order valence-corrected chi connectivity index (χ4v) is 1.85. The maximum absolute atomic E-state index is 12.1. The first-order chi connectivity index (χ1) is 8.50. The van der Waals surface area contributed by atoms with Gasteiger partial charge in [-0.25, -0.2) is 0 Å². The predicted octanol–water partition coefficient (Wildman–Crippen LogP) is 0.769. The van der Waals surface area contributed by atoms with Crippen molar-refractivity contribution in [3.8, 4) is 0 Å². The number of nitrogens with two attached hydrogens (primary N) is 1. The van der Waals surface area contributed by atoms with E-state index in [1.807, 2.05) is 0 Å². The van der Waals surface area contributed by atoms with Crippen molar-refractivity contribution >= 4 is 24.2 Å². The molecule has 0 aromatic carbocycles. The molecule has 0 atom stereocenters. The molecule has 5 nitrogen and oxygen atoms in total. The van der Waals surface area contributed by atoms with Crippen LogP contribution in [0.3, 0.4) is 0 Å². The lowest BCUT2D eigenvalue weighted by molar-refractivity contribution is -0.163. The molecule has 0 spiro atoms. The molecule has 0 aromatic rings. The fourth-order valence-electron chi connectivity index (χ4n) is 1.85. The minimum absolute atomic E-state index is 0. The van der Waals surface area contributed by atoms with Gasteiger partial charge in [0, 0.05) is 26.2 Å². The number of alkyl halides is 3. The maximum atomic E-state index is 12.1. The van der Waals surface area contributed by atoms with Crippen molar-refractivity contribution in [1.29, 1.82) is 0 Å². The standard InChI is InChI=1S/C11H18F3N3O2.ClH/c1-10(2,15)9(19)17-5-3-16(4-6-17)8(18)7-11(12,13)14;/h3-7,15H2,1-2H3;1H. The van der Waals surface area contributed by atoms with Crippen molar-refractivity contribution in [2.75, 3.05) is 26.2 Å². The van der Waals surface area contributed by atoms with Crippen LogP contribution >= 0.6 is 12.4 Å². The number of piperazine rings is 1. The average molecular weight is 318 g/mol. The molecule has 0 bridgehead atoms. The number of carbonyl (C=O) groups is 2. The van der Waals surface area contributed by atoms with Crippen LogP contribution in [0.25, 0.3) is 0 Å². The van der Waals surface area contributed by atoms with E-state index >= 15 is 0 Å². The molecule has 1 fully saturated rings. The molecule has 1 rings (SSSR count). The van der Waals surface area contributed by atoms with Gasteiger partial charge in [0.15, 0.2) is 0 Å². The average Bonchev–Trinajstić information content (AvgIpc) is 2.24. The van der Waals surface area contributed by atoms with Crippen LogP contribution in [0, 0.1) is 0 Å². The molecular weight excluding hydrogens is 299 g/mol. The van der Waals surface area contributed by atoms with Gasteiger partial charge in [0.2, 0.25) is 11.8 Å². The van der Waals surface area contributed by atoms with Crippen molar-refractivity contribution in [3.63, 3.8) is 0 Å². The molecule has 1 aliphatic heterocycles. The maximum Gasteiger partial charge on any atom is 0.397 e. The number of hydrogen-bond donors (Lipinski definition) is 1. The Bertz CT molecular complexity index is 361. The lowest BCUT2D eigenvalue weighted by atomic mass is 10.0. The number of rotatable bonds is 2. The first-order valence-electron chi connectivity index (χ1n) is 5.93. The van der Waals surface area contributed by atoms with E-state index in [0.717, 1.165) is 4.90 Å². The van der Waals surface area contributed by atoms with Crippen molar-refractivity contribution in [2.45, 2.75) is 32.0 Å². The summed E-state index contributed by atoms with van der Waals surface area (Å²) in [7, 11) is 0. The van der Waals surface area contributed by atoms with Gasteiger partial charge in [-0.15, -0.1) is 12.4 Å². The summed E-state index contributed by atoms with van der Waals surface area (Å²) in [6.07, 6.45) is -5.95. The molecule has 2 amide bonds. The molecule has 20 heavy (non-hydrogen) atoms. The number of nitrogens with zero attached hydrogens (tertiary/aromatic N) is 2. The van der Waals surface area contributed by atoms with E-state index in [9.17, 15) is 22.8 Å². The van der Waals surface area contributed by atoms with E-state index in [0.29, 0.717) is 0 Å². The summed E-state index contributed by atoms with van der Waals surface area (Å²) in [6.45, 7) is 3.77. The third-order valence-electron chi connectivity index (χ3n) is 2.82. The Kier molecular flexibility index (Phi) is 6.28. The zero-order valence-electron chi connectivity index (χ0n) is 11.4. The minimum atomic E-state index is -4.50. The number of carbonyl (C=O) groups excluding carboxylic acids is 2. The Balaban J connectivity index is 0.00000361. The van der Waals surface area contributed by atoms with Crippen LogP contribution in [-0.2, 0) is 9.59 Å². The first kappa shape index (κ1) is 19.0.